The van der Waals surface area contributed by atoms with Gasteiger partial charge in [-0.25, -0.2) is 0 Å². The van der Waals surface area contributed by atoms with Crippen LogP contribution < -0.4 is 4.74 Å². The Morgan fingerprint density at radius 3 is 2.89 bits per heavy atom. The van der Waals surface area contributed by atoms with Crippen LogP contribution in [0.5, 0.6) is 5.75 Å². The quantitative estimate of drug-likeness (QED) is 0.812. The van der Waals surface area contributed by atoms with Crippen molar-refractivity contribution in [3.8, 4) is 5.75 Å². The average Bonchev–Trinajstić information content (AvgIpc) is 2.90. The summed E-state index contributed by atoms with van der Waals surface area (Å²) >= 11 is 0. The molecule has 106 valence electrons. The predicted octanol–water partition coefficient (Wildman–Crippen LogP) is 1.54. The molecule has 0 saturated carbocycles. The monoisotopic (exact) mass is 265 g/mol. The van der Waals surface area contributed by atoms with Crippen LogP contribution >= 0.6 is 0 Å². The molecule has 2 unspecified atom stereocenters. The molecule has 1 heterocycles. The Morgan fingerprint density at radius 2 is 2.21 bits per heavy atom. The van der Waals surface area contributed by atoms with Gasteiger partial charge in [0.05, 0.1) is 6.10 Å². The van der Waals surface area contributed by atoms with Gasteiger partial charge in [0.15, 0.2) is 0 Å². The number of benzene rings is 1. The molecule has 0 amide bonds. The minimum atomic E-state index is -0.480. The number of likely N-dealkylation sites (N-methyl/N-ethyl adjacent to an activating group) is 1. The van der Waals surface area contributed by atoms with E-state index in [1.54, 1.807) is 0 Å². The molecule has 1 aromatic carbocycles. The first-order valence-electron chi connectivity index (χ1n) is 6.90. The first-order chi connectivity index (χ1) is 9.24. The molecule has 4 nitrogen and oxygen atoms in total. The van der Waals surface area contributed by atoms with Crippen molar-refractivity contribution in [2.75, 3.05) is 33.4 Å². The highest BCUT2D eigenvalue weighted by Crippen LogP contribution is 2.13. The fourth-order valence-electron chi connectivity index (χ4n) is 2.33. The molecule has 1 aliphatic heterocycles. The third-order valence-corrected chi connectivity index (χ3v) is 3.25. The van der Waals surface area contributed by atoms with E-state index in [2.05, 4.69) is 4.90 Å². The highest BCUT2D eigenvalue weighted by Gasteiger charge is 2.18. The fourth-order valence-corrected chi connectivity index (χ4v) is 2.33. The molecule has 4 heteroatoms. The van der Waals surface area contributed by atoms with Crippen LogP contribution in [0.15, 0.2) is 30.3 Å². The maximum Gasteiger partial charge on any atom is 0.119 e. The molecule has 1 saturated heterocycles. The van der Waals surface area contributed by atoms with Gasteiger partial charge in [0, 0.05) is 19.7 Å². The third-order valence-electron chi connectivity index (χ3n) is 3.25. The number of aliphatic hydroxyl groups is 1. The summed E-state index contributed by atoms with van der Waals surface area (Å²) in [6.45, 7) is 2.67. The second-order valence-electron chi connectivity index (χ2n) is 5.13. The minimum Gasteiger partial charge on any atom is -0.491 e. The summed E-state index contributed by atoms with van der Waals surface area (Å²) in [7, 11) is 2.01. The maximum absolute atomic E-state index is 9.95. The van der Waals surface area contributed by atoms with E-state index in [1.165, 1.54) is 0 Å². The predicted molar refractivity (Wildman–Crippen MR) is 74.4 cm³/mol. The molecule has 0 bridgehead atoms. The smallest absolute Gasteiger partial charge is 0.119 e. The Morgan fingerprint density at radius 1 is 1.42 bits per heavy atom. The molecule has 2 atom stereocenters. The Labute approximate surface area is 114 Å². The van der Waals surface area contributed by atoms with Crippen molar-refractivity contribution in [3.63, 3.8) is 0 Å². The van der Waals surface area contributed by atoms with Gasteiger partial charge in [-0.3, -0.25) is 0 Å². The lowest BCUT2D eigenvalue weighted by molar-refractivity contribution is 0.0444. The van der Waals surface area contributed by atoms with Crippen molar-refractivity contribution in [1.82, 2.24) is 4.90 Å². The van der Waals surface area contributed by atoms with Crippen LogP contribution in [0.4, 0.5) is 0 Å². The molecule has 0 spiro atoms. The summed E-state index contributed by atoms with van der Waals surface area (Å²) in [5.74, 6) is 0.795. The molecular formula is C15H23NO3. The van der Waals surface area contributed by atoms with Crippen LogP contribution in [0.1, 0.15) is 12.8 Å². The minimum absolute atomic E-state index is 0.319. The number of hydrogen-bond acceptors (Lipinski definition) is 4. The normalized spacial score (nSPS) is 20.7. The number of nitrogens with zero attached hydrogens (tertiary/aromatic N) is 1. The van der Waals surface area contributed by atoms with Gasteiger partial charge in [-0.1, -0.05) is 18.2 Å². The lowest BCUT2D eigenvalue weighted by Crippen LogP contribution is -2.37. The Bertz CT molecular complexity index is 352. The van der Waals surface area contributed by atoms with E-state index >= 15 is 0 Å². The Kier molecular flexibility index (Phi) is 5.63. The van der Waals surface area contributed by atoms with E-state index in [-0.39, 0.29) is 0 Å². The van der Waals surface area contributed by atoms with Gasteiger partial charge in [-0.15, -0.1) is 0 Å². The summed E-state index contributed by atoms with van der Waals surface area (Å²) in [6.07, 6.45) is 2.12. The van der Waals surface area contributed by atoms with E-state index in [4.69, 9.17) is 9.47 Å². The molecule has 1 aliphatic rings. The molecule has 2 rings (SSSR count). The molecule has 0 aromatic heterocycles. The van der Waals surface area contributed by atoms with Gasteiger partial charge in [0.2, 0.25) is 0 Å². The number of para-hydroxylation sites is 1. The molecule has 0 aliphatic carbocycles. The molecule has 0 radical (unpaired) electrons. The average molecular weight is 265 g/mol. The summed E-state index contributed by atoms with van der Waals surface area (Å²) in [4.78, 5) is 2.11. The molecule has 1 fully saturated rings. The lowest BCUT2D eigenvalue weighted by Gasteiger charge is -2.23. The van der Waals surface area contributed by atoms with E-state index < -0.39 is 6.10 Å². The van der Waals surface area contributed by atoms with Crippen LogP contribution in [0.25, 0.3) is 0 Å². The second kappa shape index (κ2) is 7.48. The standard InChI is InChI=1S/C15H23NO3/c1-16(11-15-8-5-9-18-15)10-13(17)12-19-14-6-3-2-4-7-14/h2-4,6-7,13,15,17H,5,8-12H2,1H3. The van der Waals surface area contributed by atoms with Gasteiger partial charge < -0.3 is 19.5 Å². The fraction of sp³-hybridized carbons (Fsp3) is 0.600. The Hall–Kier alpha value is -1.10. The van der Waals surface area contributed by atoms with Crippen LogP contribution in [0.2, 0.25) is 0 Å². The highest BCUT2D eigenvalue weighted by atomic mass is 16.5. The number of aliphatic hydroxyl groups excluding tert-OH is 1. The van der Waals surface area contributed by atoms with Crippen molar-refractivity contribution in [3.05, 3.63) is 30.3 Å². The van der Waals surface area contributed by atoms with Crippen LogP contribution in [0, 0.1) is 0 Å². The zero-order valence-electron chi connectivity index (χ0n) is 11.5. The Balaban J connectivity index is 1.64. The van der Waals surface area contributed by atoms with E-state index in [0.29, 0.717) is 19.3 Å². The number of rotatable bonds is 7. The second-order valence-corrected chi connectivity index (χ2v) is 5.13. The van der Waals surface area contributed by atoms with Gasteiger partial charge in [-0.05, 0) is 32.0 Å². The van der Waals surface area contributed by atoms with Crippen LogP contribution in [-0.2, 0) is 4.74 Å². The topological polar surface area (TPSA) is 41.9 Å². The van der Waals surface area contributed by atoms with Crippen LogP contribution in [0.3, 0.4) is 0 Å². The lowest BCUT2D eigenvalue weighted by atomic mass is 10.2. The molecule has 1 N–H and O–H groups in total. The summed E-state index contributed by atoms with van der Waals surface area (Å²) in [6, 6.07) is 9.57. The first-order valence-corrected chi connectivity index (χ1v) is 6.90. The van der Waals surface area contributed by atoms with E-state index in [0.717, 1.165) is 31.7 Å². The zero-order chi connectivity index (χ0) is 13.5. The largest absolute Gasteiger partial charge is 0.491 e. The van der Waals surface area contributed by atoms with Gasteiger partial charge in [0.25, 0.3) is 0 Å². The third kappa shape index (κ3) is 5.19. The molecule has 19 heavy (non-hydrogen) atoms. The van der Waals surface area contributed by atoms with Crippen molar-refractivity contribution in [1.29, 1.82) is 0 Å². The van der Waals surface area contributed by atoms with Crippen molar-refractivity contribution in [2.24, 2.45) is 0 Å². The summed E-state index contributed by atoms with van der Waals surface area (Å²) in [5.41, 5.74) is 0. The SMILES string of the molecule is CN(CC(O)COc1ccccc1)CC1CCCO1. The molecular weight excluding hydrogens is 242 g/mol. The summed E-state index contributed by atoms with van der Waals surface area (Å²) in [5, 5.41) is 9.95. The van der Waals surface area contributed by atoms with Crippen molar-refractivity contribution < 1.29 is 14.6 Å². The van der Waals surface area contributed by atoms with Gasteiger partial charge in [0.1, 0.15) is 18.5 Å². The van der Waals surface area contributed by atoms with E-state index in [9.17, 15) is 5.11 Å². The number of hydrogen-bond donors (Lipinski definition) is 1. The molecule has 1 aromatic rings. The van der Waals surface area contributed by atoms with E-state index in [1.807, 2.05) is 37.4 Å². The van der Waals surface area contributed by atoms with Gasteiger partial charge in [-0.2, -0.15) is 0 Å². The van der Waals surface area contributed by atoms with Crippen LogP contribution in [-0.4, -0.2) is 55.6 Å². The van der Waals surface area contributed by atoms with Crippen molar-refractivity contribution >= 4 is 0 Å². The highest BCUT2D eigenvalue weighted by molar-refractivity contribution is 5.20. The number of ether oxygens (including phenoxy) is 2. The summed E-state index contributed by atoms with van der Waals surface area (Å²) < 4.78 is 11.1. The van der Waals surface area contributed by atoms with Crippen molar-refractivity contribution in [2.45, 2.75) is 25.0 Å². The van der Waals surface area contributed by atoms with Gasteiger partial charge >= 0.3 is 0 Å². The maximum atomic E-state index is 9.95. The zero-order valence-corrected chi connectivity index (χ0v) is 11.5. The first kappa shape index (κ1) is 14.3.